The van der Waals surface area contributed by atoms with Gasteiger partial charge in [-0.25, -0.2) is 9.97 Å². The van der Waals surface area contributed by atoms with E-state index in [0.717, 1.165) is 42.1 Å². The van der Waals surface area contributed by atoms with Crippen LogP contribution in [0.5, 0.6) is 0 Å². The zero-order valence-corrected chi connectivity index (χ0v) is 13.3. The first kappa shape index (κ1) is 14.2. The van der Waals surface area contributed by atoms with Crippen LogP contribution in [-0.4, -0.2) is 37.8 Å². The summed E-state index contributed by atoms with van der Waals surface area (Å²) >= 11 is 0. The molecule has 2 unspecified atom stereocenters. The maximum absolute atomic E-state index is 5.45. The molecule has 0 aliphatic heterocycles. The van der Waals surface area contributed by atoms with Crippen molar-refractivity contribution in [2.45, 2.75) is 38.2 Å². The molecule has 0 spiro atoms. The lowest BCUT2D eigenvalue weighted by molar-refractivity contribution is 0.108. The van der Waals surface area contributed by atoms with E-state index in [9.17, 15) is 0 Å². The fraction of sp³-hybridized carbons (Fsp3) is 0.438. The third-order valence-electron chi connectivity index (χ3n) is 4.50. The summed E-state index contributed by atoms with van der Waals surface area (Å²) in [5.41, 5.74) is 2.98. The normalized spacial score (nSPS) is 21.1. The first-order valence-electron chi connectivity index (χ1n) is 7.89. The van der Waals surface area contributed by atoms with Crippen LogP contribution in [0.25, 0.3) is 5.65 Å². The van der Waals surface area contributed by atoms with Crippen LogP contribution >= 0.6 is 0 Å². The Morgan fingerprint density at radius 3 is 3.13 bits per heavy atom. The van der Waals surface area contributed by atoms with Crippen molar-refractivity contribution in [3.05, 3.63) is 35.9 Å². The van der Waals surface area contributed by atoms with E-state index in [0.29, 0.717) is 18.0 Å². The van der Waals surface area contributed by atoms with Gasteiger partial charge in [-0.3, -0.25) is 9.50 Å². The monoisotopic (exact) mass is 312 g/mol. The Morgan fingerprint density at radius 1 is 1.39 bits per heavy atom. The van der Waals surface area contributed by atoms with Gasteiger partial charge in [0.25, 0.3) is 0 Å². The fourth-order valence-electron chi connectivity index (χ4n) is 3.29. The molecular formula is C16H20N6O. The second kappa shape index (κ2) is 5.66. The van der Waals surface area contributed by atoms with Gasteiger partial charge >= 0.3 is 0 Å². The molecule has 1 fully saturated rings. The average Bonchev–Trinajstić information content (AvgIpc) is 3.25. The van der Waals surface area contributed by atoms with Gasteiger partial charge in [-0.15, -0.1) is 0 Å². The van der Waals surface area contributed by atoms with Crippen LogP contribution < -0.4 is 5.32 Å². The van der Waals surface area contributed by atoms with Crippen LogP contribution in [-0.2, 0) is 4.74 Å². The van der Waals surface area contributed by atoms with Gasteiger partial charge in [-0.1, -0.05) is 0 Å². The van der Waals surface area contributed by atoms with E-state index in [2.05, 4.69) is 31.5 Å². The highest BCUT2D eigenvalue weighted by molar-refractivity contribution is 5.54. The van der Waals surface area contributed by atoms with Crippen LogP contribution in [0.15, 0.2) is 24.5 Å². The van der Waals surface area contributed by atoms with Crippen LogP contribution in [0, 0.1) is 6.92 Å². The van der Waals surface area contributed by atoms with Gasteiger partial charge in [0.2, 0.25) is 5.95 Å². The summed E-state index contributed by atoms with van der Waals surface area (Å²) in [5, 5.41) is 10.8. The Balaban J connectivity index is 1.55. The summed E-state index contributed by atoms with van der Waals surface area (Å²) in [4.78, 5) is 8.83. The Morgan fingerprint density at radius 2 is 2.30 bits per heavy atom. The Hall–Kier alpha value is -2.41. The number of anilines is 2. The number of ether oxygens (including phenoxy) is 1. The topological polar surface area (TPSA) is 80.1 Å². The number of imidazole rings is 1. The zero-order valence-electron chi connectivity index (χ0n) is 13.3. The molecule has 0 radical (unpaired) electrons. The van der Waals surface area contributed by atoms with Crippen LogP contribution in [0.4, 0.5) is 11.8 Å². The van der Waals surface area contributed by atoms with E-state index in [-0.39, 0.29) is 0 Å². The maximum atomic E-state index is 5.45. The van der Waals surface area contributed by atoms with E-state index in [1.165, 1.54) is 0 Å². The van der Waals surface area contributed by atoms with Crippen LogP contribution in [0.2, 0.25) is 0 Å². The molecule has 1 saturated carbocycles. The Bertz CT molecular complexity index is 823. The van der Waals surface area contributed by atoms with Crippen molar-refractivity contribution in [3.63, 3.8) is 0 Å². The second-order valence-electron chi connectivity index (χ2n) is 6.08. The van der Waals surface area contributed by atoms with Crippen molar-refractivity contribution >= 4 is 17.4 Å². The second-order valence-corrected chi connectivity index (χ2v) is 6.08. The number of H-pyrrole nitrogens is 1. The van der Waals surface area contributed by atoms with Crippen molar-refractivity contribution in [1.29, 1.82) is 0 Å². The molecule has 7 heteroatoms. The molecule has 2 N–H and O–H groups in total. The van der Waals surface area contributed by atoms with Crippen molar-refractivity contribution in [2.75, 3.05) is 12.4 Å². The lowest BCUT2D eigenvalue weighted by atomic mass is 10.0. The number of methoxy groups -OCH3 is 1. The summed E-state index contributed by atoms with van der Waals surface area (Å²) in [6.07, 6.45) is 7.36. The highest BCUT2D eigenvalue weighted by Gasteiger charge is 2.27. The summed E-state index contributed by atoms with van der Waals surface area (Å²) in [6, 6.07) is 3.95. The minimum atomic E-state index is 0.365. The largest absolute Gasteiger partial charge is 0.381 e. The molecule has 0 saturated heterocycles. The third-order valence-corrected chi connectivity index (χ3v) is 4.50. The molecule has 0 bridgehead atoms. The fourth-order valence-corrected chi connectivity index (χ4v) is 3.29. The molecule has 7 nitrogen and oxygen atoms in total. The van der Waals surface area contributed by atoms with E-state index in [1.54, 1.807) is 13.3 Å². The molecule has 120 valence electrons. The van der Waals surface area contributed by atoms with Crippen LogP contribution in [0.3, 0.4) is 0 Å². The maximum Gasteiger partial charge on any atom is 0.214 e. The number of fused-ring (bicyclic) bond motifs is 1. The molecule has 0 aromatic carbocycles. The number of aromatic amines is 1. The molecular weight excluding hydrogens is 292 g/mol. The van der Waals surface area contributed by atoms with Gasteiger partial charge < -0.3 is 10.1 Å². The Labute approximate surface area is 134 Å². The summed E-state index contributed by atoms with van der Waals surface area (Å²) in [7, 11) is 1.78. The van der Waals surface area contributed by atoms with E-state index in [1.807, 2.05) is 23.6 Å². The molecule has 3 aromatic heterocycles. The van der Waals surface area contributed by atoms with Gasteiger partial charge in [-0.2, -0.15) is 5.10 Å². The number of hydrogen-bond donors (Lipinski definition) is 2. The smallest absolute Gasteiger partial charge is 0.214 e. The molecule has 3 aromatic rings. The summed E-state index contributed by atoms with van der Waals surface area (Å²) in [5.74, 6) is 1.97. The number of hydrogen-bond acceptors (Lipinski definition) is 5. The van der Waals surface area contributed by atoms with Crippen molar-refractivity contribution in [2.24, 2.45) is 0 Å². The molecule has 23 heavy (non-hydrogen) atoms. The lowest BCUT2D eigenvalue weighted by Crippen LogP contribution is -2.04. The molecule has 2 atom stereocenters. The molecule has 4 rings (SSSR count). The number of rotatable bonds is 4. The van der Waals surface area contributed by atoms with Gasteiger partial charge in [0.05, 0.1) is 11.8 Å². The van der Waals surface area contributed by atoms with E-state index >= 15 is 0 Å². The van der Waals surface area contributed by atoms with Gasteiger partial charge in [-0.05, 0) is 32.3 Å². The summed E-state index contributed by atoms with van der Waals surface area (Å²) in [6.45, 7) is 1.97. The minimum absolute atomic E-state index is 0.365. The highest BCUT2D eigenvalue weighted by atomic mass is 16.5. The zero-order chi connectivity index (χ0) is 15.8. The predicted octanol–water partition coefficient (Wildman–Crippen LogP) is 2.79. The molecule has 1 aliphatic carbocycles. The number of nitrogens with one attached hydrogen (secondary N) is 2. The number of aromatic nitrogens is 5. The number of nitrogens with zero attached hydrogens (tertiary/aromatic N) is 4. The summed E-state index contributed by atoms with van der Waals surface area (Å²) < 4.78 is 7.38. The number of aryl methyl sites for hydroxylation is 1. The lowest BCUT2D eigenvalue weighted by Gasteiger charge is -2.07. The predicted molar refractivity (Wildman–Crippen MR) is 87.0 cm³/mol. The average molecular weight is 312 g/mol. The van der Waals surface area contributed by atoms with Gasteiger partial charge in [0.15, 0.2) is 5.82 Å². The van der Waals surface area contributed by atoms with Gasteiger partial charge in [0, 0.05) is 37.2 Å². The first-order valence-corrected chi connectivity index (χ1v) is 7.89. The highest BCUT2D eigenvalue weighted by Crippen LogP contribution is 2.35. The SMILES string of the molecule is COC1CCC(c2cc(Nc3nccc4nc(C)cn34)n[nH]2)C1. The van der Waals surface area contributed by atoms with Crippen molar-refractivity contribution in [1.82, 2.24) is 24.6 Å². The van der Waals surface area contributed by atoms with E-state index in [4.69, 9.17) is 4.74 Å². The van der Waals surface area contributed by atoms with Crippen molar-refractivity contribution in [3.8, 4) is 0 Å². The van der Waals surface area contributed by atoms with Crippen molar-refractivity contribution < 1.29 is 4.74 Å². The molecule has 3 heterocycles. The molecule has 1 aliphatic rings. The quantitative estimate of drug-likeness (QED) is 0.774. The minimum Gasteiger partial charge on any atom is -0.381 e. The third kappa shape index (κ3) is 2.68. The van der Waals surface area contributed by atoms with Gasteiger partial charge in [0.1, 0.15) is 5.65 Å². The van der Waals surface area contributed by atoms with E-state index < -0.39 is 0 Å². The van der Waals surface area contributed by atoms with Crippen LogP contribution in [0.1, 0.15) is 36.6 Å². The molecule has 0 amide bonds. The standard InChI is InChI=1S/C16H20N6O/c1-10-9-22-15(18-10)5-6-17-16(22)19-14-8-13(20-21-14)11-3-4-12(7-11)23-2/h5-6,8-9,11-12H,3-4,7H2,1-2H3,(H2,17,19,20,21). The Kier molecular flexibility index (Phi) is 3.49. The first-order chi connectivity index (χ1) is 11.2.